The SMILES string of the molecule is O=C(O)CNC(=O)c1c(O)c2nc3ccccc3n2n(Cc2ccc(C(F)(F)F)cc2)c1=O. The molecule has 0 unspecified atom stereocenters. The van der Waals surface area contributed by atoms with Gasteiger partial charge in [0.25, 0.3) is 11.5 Å². The molecule has 0 aliphatic rings. The summed E-state index contributed by atoms with van der Waals surface area (Å²) in [6, 6.07) is 10.7. The number of amides is 1. The van der Waals surface area contributed by atoms with Crippen LogP contribution in [0.25, 0.3) is 16.7 Å². The Labute approximate surface area is 182 Å². The zero-order valence-corrected chi connectivity index (χ0v) is 16.6. The Morgan fingerprint density at radius 3 is 2.36 bits per heavy atom. The van der Waals surface area contributed by atoms with Gasteiger partial charge in [0.15, 0.2) is 17.0 Å². The van der Waals surface area contributed by atoms with E-state index in [0.717, 1.165) is 16.8 Å². The van der Waals surface area contributed by atoms with Crippen molar-refractivity contribution in [1.29, 1.82) is 0 Å². The Hall–Kier alpha value is -4.35. The molecule has 170 valence electrons. The lowest BCUT2D eigenvalue weighted by Crippen LogP contribution is -2.37. The maximum absolute atomic E-state index is 13.2. The number of para-hydroxylation sites is 2. The van der Waals surface area contributed by atoms with Crippen LogP contribution in [0.3, 0.4) is 0 Å². The average Bonchev–Trinajstić information content (AvgIpc) is 3.15. The molecular weight excluding hydrogens is 445 g/mol. The first-order chi connectivity index (χ1) is 15.6. The standard InChI is InChI=1S/C21H15F3N4O5/c22-21(23,24)12-7-5-11(6-8-12)10-27-20(33)16(19(32)25-9-15(29)30)17(31)18-26-13-3-1-2-4-14(13)28(18)27/h1-8,31H,9-10H2,(H,25,32)(H,29,30). The molecule has 0 bridgehead atoms. The predicted octanol–water partition coefficient (Wildman–Crippen LogP) is 2.24. The van der Waals surface area contributed by atoms with E-state index in [1.54, 1.807) is 24.3 Å². The van der Waals surface area contributed by atoms with E-state index in [1.165, 1.54) is 16.6 Å². The summed E-state index contributed by atoms with van der Waals surface area (Å²) in [5.41, 5.74) is -1.62. The third-order valence-electron chi connectivity index (χ3n) is 4.92. The summed E-state index contributed by atoms with van der Waals surface area (Å²) >= 11 is 0. The molecule has 0 spiro atoms. The Morgan fingerprint density at radius 1 is 1.06 bits per heavy atom. The van der Waals surface area contributed by atoms with E-state index >= 15 is 0 Å². The Morgan fingerprint density at radius 2 is 1.73 bits per heavy atom. The van der Waals surface area contributed by atoms with E-state index in [0.29, 0.717) is 16.6 Å². The number of hydrogen-bond donors (Lipinski definition) is 3. The van der Waals surface area contributed by atoms with E-state index in [-0.39, 0.29) is 12.2 Å². The molecule has 1 amide bonds. The zero-order chi connectivity index (χ0) is 23.9. The topological polar surface area (TPSA) is 126 Å². The minimum absolute atomic E-state index is 0.150. The van der Waals surface area contributed by atoms with E-state index in [1.807, 2.05) is 5.32 Å². The van der Waals surface area contributed by atoms with Crippen LogP contribution >= 0.6 is 0 Å². The van der Waals surface area contributed by atoms with Gasteiger partial charge < -0.3 is 15.5 Å². The molecule has 0 saturated heterocycles. The summed E-state index contributed by atoms with van der Waals surface area (Å²) in [6.07, 6.45) is -4.53. The number of aromatic hydroxyl groups is 1. The fraction of sp³-hybridized carbons (Fsp3) is 0.143. The maximum Gasteiger partial charge on any atom is 0.416 e. The van der Waals surface area contributed by atoms with Gasteiger partial charge in [-0.1, -0.05) is 24.3 Å². The number of benzene rings is 2. The van der Waals surface area contributed by atoms with E-state index in [9.17, 15) is 32.7 Å². The number of aliphatic carboxylic acids is 1. The quantitative estimate of drug-likeness (QED) is 0.419. The third kappa shape index (κ3) is 3.97. The Bertz CT molecular complexity index is 1460. The van der Waals surface area contributed by atoms with Crippen LogP contribution in [-0.2, 0) is 17.5 Å². The largest absolute Gasteiger partial charge is 0.504 e. The second-order valence-electron chi connectivity index (χ2n) is 7.09. The molecule has 0 aliphatic heterocycles. The van der Waals surface area contributed by atoms with Gasteiger partial charge in [-0.3, -0.25) is 14.4 Å². The van der Waals surface area contributed by atoms with E-state index in [2.05, 4.69) is 4.98 Å². The van der Waals surface area contributed by atoms with Crippen molar-refractivity contribution in [3.05, 3.63) is 75.6 Å². The molecule has 0 saturated carbocycles. The summed E-state index contributed by atoms with van der Waals surface area (Å²) in [5, 5.41) is 21.5. The highest BCUT2D eigenvalue weighted by Crippen LogP contribution is 2.29. The molecular formula is C21H15F3N4O5. The summed E-state index contributed by atoms with van der Waals surface area (Å²) in [4.78, 5) is 40.8. The summed E-state index contributed by atoms with van der Waals surface area (Å²) in [6.45, 7) is -1.05. The van der Waals surface area contributed by atoms with Crippen molar-refractivity contribution in [2.24, 2.45) is 0 Å². The highest BCUT2D eigenvalue weighted by atomic mass is 19.4. The smallest absolute Gasteiger partial charge is 0.416 e. The van der Waals surface area contributed by atoms with Crippen molar-refractivity contribution >= 4 is 28.6 Å². The lowest BCUT2D eigenvalue weighted by atomic mass is 10.1. The number of nitrogens with zero attached hydrogens (tertiary/aromatic N) is 3. The summed E-state index contributed by atoms with van der Waals surface area (Å²) in [7, 11) is 0. The van der Waals surface area contributed by atoms with Gasteiger partial charge in [0.2, 0.25) is 0 Å². The van der Waals surface area contributed by atoms with Crippen LogP contribution in [0.2, 0.25) is 0 Å². The number of imidazole rings is 1. The van der Waals surface area contributed by atoms with Crippen LogP contribution in [0, 0.1) is 0 Å². The third-order valence-corrected chi connectivity index (χ3v) is 4.92. The van der Waals surface area contributed by atoms with Gasteiger partial charge in [0.1, 0.15) is 6.54 Å². The summed E-state index contributed by atoms with van der Waals surface area (Å²) < 4.78 is 41.0. The molecule has 0 fully saturated rings. The lowest BCUT2D eigenvalue weighted by molar-refractivity contribution is -0.138. The lowest BCUT2D eigenvalue weighted by Gasteiger charge is -2.15. The van der Waals surface area contributed by atoms with Crippen molar-refractivity contribution in [2.75, 3.05) is 6.54 Å². The van der Waals surface area contributed by atoms with Crippen molar-refractivity contribution in [3.63, 3.8) is 0 Å². The number of carbonyl (C=O) groups is 2. The molecule has 9 nitrogen and oxygen atoms in total. The van der Waals surface area contributed by atoms with Gasteiger partial charge >= 0.3 is 12.1 Å². The molecule has 4 aromatic rings. The van der Waals surface area contributed by atoms with Gasteiger partial charge in [0, 0.05) is 0 Å². The number of nitrogens with one attached hydrogen (secondary N) is 1. The first-order valence-electron chi connectivity index (χ1n) is 9.47. The van der Waals surface area contributed by atoms with Gasteiger partial charge in [-0.2, -0.15) is 13.2 Å². The normalized spacial score (nSPS) is 11.7. The minimum atomic E-state index is -4.53. The van der Waals surface area contributed by atoms with E-state index < -0.39 is 47.0 Å². The fourth-order valence-electron chi connectivity index (χ4n) is 3.41. The molecule has 2 aromatic carbocycles. The molecule has 2 heterocycles. The molecule has 12 heteroatoms. The van der Waals surface area contributed by atoms with Crippen molar-refractivity contribution < 1.29 is 33.0 Å². The van der Waals surface area contributed by atoms with Gasteiger partial charge in [-0.15, -0.1) is 0 Å². The van der Waals surface area contributed by atoms with Crippen LogP contribution in [0.4, 0.5) is 13.2 Å². The van der Waals surface area contributed by atoms with Gasteiger partial charge in [-0.05, 0) is 29.8 Å². The van der Waals surface area contributed by atoms with E-state index in [4.69, 9.17) is 5.11 Å². The molecule has 3 N–H and O–H groups in total. The minimum Gasteiger partial charge on any atom is -0.504 e. The zero-order valence-electron chi connectivity index (χ0n) is 16.6. The van der Waals surface area contributed by atoms with Crippen molar-refractivity contribution in [1.82, 2.24) is 19.5 Å². The van der Waals surface area contributed by atoms with Gasteiger partial charge in [0.05, 0.1) is 23.1 Å². The first kappa shape index (κ1) is 21.9. The number of alkyl halides is 3. The maximum atomic E-state index is 13.2. The Kier molecular flexibility index (Phi) is 5.28. The Balaban J connectivity index is 1.92. The number of carbonyl (C=O) groups excluding carboxylic acids is 1. The number of fused-ring (bicyclic) bond motifs is 3. The first-order valence-corrected chi connectivity index (χ1v) is 9.47. The van der Waals surface area contributed by atoms with Crippen LogP contribution < -0.4 is 10.9 Å². The number of aromatic nitrogens is 3. The highest BCUT2D eigenvalue weighted by Gasteiger charge is 2.30. The average molecular weight is 460 g/mol. The second kappa shape index (κ2) is 7.97. The molecule has 0 radical (unpaired) electrons. The van der Waals surface area contributed by atoms with Gasteiger partial charge in [-0.25, -0.2) is 14.2 Å². The number of hydrogen-bond acceptors (Lipinski definition) is 5. The molecule has 4 rings (SSSR count). The highest BCUT2D eigenvalue weighted by molar-refractivity contribution is 6.00. The number of carboxylic acid groups (broad SMARTS) is 1. The van der Waals surface area contributed by atoms with Crippen LogP contribution in [-0.4, -0.2) is 42.8 Å². The second-order valence-corrected chi connectivity index (χ2v) is 7.09. The monoisotopic (exact) mass is 460 g/mol. The number of carboxylic acids is 1. The predicted molar refractivity (Wildman–Crippen MR) is 109 cm³/mol. The van der Waals surface area contributed by atoms with Crippen molar-refractivity contribution in [2.45, 2.75) is 12.7 Å². The number of rotatable bonds is 5. The fourth-order valence-corrected chi connectivity index (χ4v) is 3.41. The molecule has 2 aromatic heterocycles. The molecule has 33 heavy (non-hydrogen) atoms. The van der Waals surface area contributed by atoms with Crippen LogP contribution in [0.15, 0.2) is 53.3 Å². The molecule has 0 aliphatic carbocycles. The summed E-state index contributed by atoms with van der Waals surface area (Å²) in [5.74, 6) is -3.24. The van der Waals surface area contributed by atoms with Crippen LogP contribution in [0.5, 0.6) is 5.75 Å². The van der Waals surface area contributed by atoms with Crippen molar-refractivity contribution in [3.8, 4) is 5.75 Å². The molecule has 0 atom stereocenters. The van der Waals surface area contributed by atoms with Crippen LogP contribution in [0.1, 0.15) is 21.5 Å². The number of halogens is 3.